The molecule has 10 heteroatoms. The monoisotopic (exact) mass is 698 g/mol. The van der Waals surface area contributed by atoms with Gasteiger partial charge in [0.1, 0.15) is 0 Å². The van der Waals surface area contributed by atoms with Gasteiger partial charge in [-0.05, 0) is 51.0 Å². The number of halogens is 3. The molecule has 1 aromatic rings. The maximum Gasteiger partial charge on any atom is 0.522 e. The molecule has 0 aliphatic rings. The van der Waals surface area contributed by atoms with Gasteiger partial charge in [0.05, 0.1) is 8.80 Å². The number of benzene rings is 1. The Bertz CT molecular complexity index is 1090. The average Bonchev–Trinajstić information content (AvgIpc) is 2.62. The molecular formula is C34H69F3O3SSi3. The standard InChI is InChI=1S/C17H30Si.C9H19F3O3SSi.C8H20Si/c1-12-10-13(2)15(14(3)11-12)18(16(4,5)6)17(7,8)9;1-7(2,3)17(8(4,5)6)15-16(13,14)9(10,11)12;1-7(2,3)9-8(4,5)6/h10-11,18H,1-9H3;17H,1-6H3;9H2,1-6H3. The van der Waals surface area contributed by atoms with Crippen LogP contribution in [0.4, 0.5) is 13.2 Å². The molecule has 0 aromatic heterocycles. The van der Waals surface area contributed by atoms with Gasteiger partial charge in [0.2, 0.25) is 9.04 Å². The lowest BCUT2D eigenvalue weighted by Crippen LogP contribution is -2.48. The molecular weight excluding hydrogens is 630 g/mol. The maximum atomic E-state index is 12.3. The van der Waals surface area contributed by atoms with E-state index in [0.717, 1.165) is 0 Å². The minimum Gasteiger partial charge on any atom is -0.311 e. The van der Waals surface area contributed by atoms with Crippen molar-refractivity contribution in [2.45, 2.75) is 181 Å². The summed E-state index contributed by atoms with van der Waals surface area (Å²) < 4.78 is 63.4. The molecule has 0 heterocycles. The fourth-order valence-corrected chi connectivity index (χ4v) is 22.1. The molecule has 0 unspecified atom stereocenters. The van der Waals surface area contributed by atoms with Crippen molar-refractivity contribution in [3.8, 4) is 0 Å². The summed E-state index contributed by atoms with van der Waals surface area (Å²) in [5.74, 6) is 0. The van der Waals surface area contributed by atoms with E-state index in [2.05, 4.69) is 120 Å². The molecule has 0 bridgehead atoms. The molecule has 0 aliphatic carbocycles. The van der Waals surface area contributed by atoms with E-state index >= 15 is 0 Å². The van der Waals surface area contributed by atoms with Crippen molar-refractivity contribution < 1.29 is 25.5 Å². The normalized spacial score (nSPS) is 14.2. The summed E-state index contributed by atoms with van der Waals surface area (Å²) >= 11 is 0. The number of hydrogen-bond acceptors (Lipinski definition) is 3. The molecule has 0 saturated heterocycles. The molecule has 0 atom stereocenters. The lowest BCUT2D eigenvalue weighted by Gasteiger charge is -2.41. The van der Waals surface area contributed by atoms with E-state index in [9.17, 15) is 21.6 Å². The molecule has 0 amide bonds. The summed E-state index contributed by atoms with van der Waals surface area (Å²) in [6.45, 7) is 45.6. The first-order valence-corrected chi connectivity index (χ1v) is 22.0. The first kappa shape index (κ1) is 45.7. The Morgan fingerprint density at radius 1 is 0.591 bits per heavy atom. The van der Waals surface area contributed by atoms with Crippen LogP contribution in [0.5, 0.6) is 0 Å². The van der Waals surface area contributed by atoms with Crippen LogP contribution in [0.15, 0.2) is 12.1 Å². The highest BCUT2D eigenvalue weighted by Gasteiger charge is 2.52. The molecule has 1 aromatic carbocycles. The Morgan fingerprint density at radius 3 is 1.07 bits per heavy atom. The van der Waals surface area contributed by atoms with Gasteiger partial charge in [0.15, 0.2) is 0 Å². The van der Waals surface area contributed by atoms with Crippen molar-refractivity contribution in [2.24, 2.45) is 0 Å². The van der Waals surface area contributed by atoms with Gasteiger partial charge >= 0.3 is 15.6 Å². The third kappa shape index (κ3) is 16.9. The van der Waals surface area contributed by atoms with E-state index in [1.165, 1.54) is 16.7 Å². The van der Waals surface area contributed by atoms with Crippen LogP contribution in [0.25, 0.3) is 0 Å². The molecule has 44 heavy (non-hydrogen) atoms. The highest BCUT2D eigenvalue weighted by molar-refractivity contribution is 7.88. The van der Waals surface area contributed by atoms with Gasteiger partial charge in [0.25, 0.3) is 0 Å². The van der Waals surface area contributed by atoms with Crippen LogP contribution in [0, 0.1) is 20.8 Å². The predicted molar refractivity (Wildman–Crippen MR) is 197 cm³/mol. The van der Waals surface area contributed by atoms with Gasteiger partial charge in [-0.3, -0.25) is 0 Å². The highest BCUT2D eigenvalue weighted by atomic mass is 32.2. The summed E-state index contributed by atoms with van der Waals surface area (Å²) in [4.78, 5) is 0. The second-order valence-electron chi connectivity index (χ2n) is 19.4. The highest BCUT2D eigenvalue weighted by Crippen LogP contribution is 2.45. The van der Waals surface area contributed by atoms with Crippen molar-refractivity contribution in [3.63, 3.8) is 0 Å². The zero-order chi connectivity index (χ0) is 36.3. The molecule has 0 radical (unpaired) electrons. The van der Waals surface area contributed by atoms with Gasteiger partial charge in [-0.1, -0.05) is 159 Å². The Labute approximate surface area is 277 Å². The van der Waals surface area contributed by atoms with Crippen LogP contribution in [0.3, 0.4) is 0 Å². The molecule has 0 saturated carbocycles. The quantitative estimate of drug-likeness (QED) is 0.233. The van der Waals surface area contributed by atoms with Gasteiger partial charge < -0.3 is 3.87 Å². The van der Waals surface area contributed by atoms with Gasteiger partial charge in [-0.15, -0.1) is 0 Å². The summed E-state index contributed by atoms with van der Waals surface area (Å²) in [6.07, 6.45) is 0. The number of rotatable bonds is 3. The van der Waals surface area contributed by atoms with E-state index in [4.69, 9.17) is 0 Å². The van der Waals surface area contributed by atoms with Crippen LogP contribution >= 0.6 is 0 Å². The lowest BCUT2D eigenvalue weighted by molar-refractivity contribution is -0.0504. The average molecular weight is 699 g/mol. The Kier molecular flexibility index (Phi) is 15.8. The molecule has 0 spiro atoms. The molecule has 0 fully saturated rings. The maximum absolute atomic E-state index is 12.3. The molecule has 1 rings (SSSR count). The zero-order valence-corrected chi connectivity index (χ0v) is 36.8. The Balaban J connectivity index is 0. The van der Waals surface area contributed by atoms with Crippen molar-refractivity contribution in [1.29, 1.82) is 0 Å². The van der Waals surface area contributed by atoms with Crippen molar-refractivity contribution >= 4 is 42.7 Å². The fourth-order valence-electron chi connectivity index (χ4n) is 7.17. The van der Waals surface area contributed by atoms with E-state index in [1.54, 1.807) is 46.7 Å². The van der Waals surface area contributed by atoms with Crippen LogP contribution in [0.2, 0.25) is 30.2 Å². The number of hydrogen-bond donors (Lipinski definition) is 0. The van der Waals surface area contributed by atoms with Crippen molar-refractivity contribution in [2.75, 3.05) is 0 Å². The smallest absolute Gasteiger partial charge is 0.311 e. The minimum atomic E-state index is -5.50. The second-order valence-corrected chi connectivity index (χ2v) is 35.3. The topological polar surface area (TPSA) is 43.4 Å². The van der Waals surface area contributed by atoms with Crippen LogP contribution < -0.4 is 5.19 Å². The van der Waals surface area contributed by atoms with E-state index in [-0.39, 0.29) is 9.52 Å². The van der Waals surface area contributed by atoms with Crippen LogP contribution in [-0.2, 0) is 14.0 Å². The zero-order valence-electron chi connectivity index (χ0n) is 32.3. The Morgan fingerprint density at radius 2 is 0.886 bits per heavy atom. The van der Waals surface area contributed by atoms with Crippen molar-refractivity contribution in [3.05, 3.63) is 28.8 Å². The first-order valence-electron chi connectivity index (χ1n) is 15.8. The lowest BCUT2D eigenvalue weighted by atomic mass is 10.1. The summed E-state index contributed by atoms with van der Waals surface area (Å²) in [6, 6.07) is 4.72. The summed E-state index contributed by atoms with van der Waals surface area (Å²) in [7, 11) is -9.12. The van der Waals surface area contributed by atoms with E-state index < -0.39 is 43.5 Å². The number of alkyl halides is 3. The SMILES string of the molecule is CC(C)(C)[SiH2]C(C)(C)C.CC(C)(C)[SiH](OS(=O)(=O)C(F)(F)F)C(C)(C)C.Cc1cc(C)c([SiH](C(C)(C)C)C(C)(C)C)c(C)c1. The molecule has 0 N–H and O–H groups in total. The van der Waals surface area contributed by atoms with Crippen LogP contribution in [-0.4, -0.2) is 41.3 Å². The Hall–Kier alpha value is -0.429. The fraction of sp³-hybridized carbons (Fsp3) is 0.824. The van der Waals surface area contributed by atoms with E-state index in [0.29, 0.717) is 20.2 Å². The third-order valence-corrected chi connectivity index (χ3v) is 19.5. The second kappa shape index (κ2) is 15.2. The predicted octanol–water partition coefficient (Wildman–Crippen LogP) is 10.4. The van der Waals surface area contributed by atoms with Gasteiger partial charge in [0, 0.05) is 9.52 Å². The molecule has 0 aliphatic heterocycles. The molecule has 262 valence electrons. The minimum absolute atomic E-state index is 0.0880. The number of aryl methyl sites for hydroxylation is 3. The summed E-state index contributed by atoms with van der Waals surface area (Å²) in [5, 5.41) is 2.61. The van der Waals surface area contributed by atoms with E-state index in [1.807, 2.05) is 0 Å². The first-order chi connectivity index (χ1) is 18.7. The van der Waals surface area contributed by atoms with Gasteiger partial charge in [-0.25, -0.2) is 0 Å². The molecule has 3 nitrogen and oxygen atoms in total. The third-order valence-electron chi connectivity index (χ3n) is 6.90. The van der Waals surface area contributed by atoms with Crippen LogP contribution in [0.1, 0.15) is 141 Å². The van der Waals surface area contributed by atoms with Gasteiger partial charge in [-0.2, -0.15) is 21.6 Å². The largest absolute Gasteiger partial charge is 0.522 e. The summed E-state index contributed by atoms with van der Waals surface area (Å²) in [5.41, 5.74) is -0.943. The van der Waals surface area contributed by atoms with Crippen molar-refractivity contribution in [1.82, 2.24) is 0 Å².